The molecule has 3 rings (SSSR count). The van der Waals surface area contributed by atoms with Crippen molar-refractivity contribution >= 4 is 5.78 Å². The minimum Gasteiger partial charge on any atom is -0.490 e. The molecule has 1 saturated heterocycles. The summed E-state index contributed by atoms with van der Waals surface area (Å²) >= 11 is 0. The highest BCUT2D eigenvalue weighted by atomic mass is 16.5. The molecule has 0 bridgehead atoms. The summed E-state index contributed by atoms with van der Waals surface area (Å²) in [6.45, 7) is 0.541. The first-order valence-corrected chi connectivity index (χ1v) is 7.47. The summed E-state index contributed by atoms with van der Waals surface area (Å²) in [6, 6.07) is 10.3. The monoisotopic (exact) mass is 274 g/mol. The van der Waals surface area contributed by atoms with E-state index in [4.69, 9.17) is 10.5 Å². The van der Waals surface area contributed by atoms with Crippen LogP contribution >= 0.6 is 0 Å². The van der Waals surface area contributed by atoms with E-state index in [1.54, 1.807) is 0 Å². The van der Waals surface area contributed by atoms with E-state index in [1.165, 1.54) is 0 Å². The van der Waals surface area contributed by atoms with E-state index in [2.05, 4.69) is 5.32 Å². The van der Waals surface area contributed by atoms with Crippen LogP contribution in [0.5, 0.6) is 5.75 Å². The summed E-state index contributed by atoms with van der Waals surface area (Å²) in [5.41, 5.74) is 5.68. The number of benzene rings is 1. The van der Waals surface area contributed by atoms with E-state index in [9.17, 15) is 4.79 Å². The van der Waals surface area contributed by atoms with Crippen LogP contribution in [0.3, 0.4) is 0 Å². The van der Waals surface area contributed by atoms with E-state index in [-0.39, 0.29) is 18.1 Å². The van der Waals surface area contributed by atoms with Crippen LogP contribution in [0.15, 0.2) is 30.3 Å². The summed E-state index contributed by atoms with van der Waals surface area (Å²) in [6.07, 6.45) is 3.52. The standard InChI is InChI=1S/C16H22N2O2/c17-10-11-8-16(19)14-9-13(6-7-15(14)18-11)20-12-4-2-1-3-5-12/h1-5,11,13-15,18H,6-10,17H2. The van der Waals surface area contributed by atoms with Crippen molar-refractivity contribution < 1.29 is 9.53 Å². The zero-order valence-corrected chi connectivity index (χ0v) is 11.6. The Balaban J connectivity index is 1.62. The number of carbonyl (C=O) groups excluding carboxylic acids is 1. The van der Waals surface area contributed by atoms with Gasteiger partial charge >= 0.3 is 0 Å². The summed E-state index contributed by atoms with van der Waals surface area (Å²) < 4.78 is 6.00. The van der Waals surface area contributed by atoms with Gasteiger partial charge in [-0.15, -0.1) is 0 Å². The summed E-state index contributed by atoms with van der Waals surface area (Å²) in [4.78, 5) is 12.2. The van der Waals surface area contributed by atoms with Crippen LogP contribution in [0, 0.1) is 5.92 Å². The average Bonchev–Trinajstić information content (AvgIpc) is 2.48. The predicted molar refractivity (Wildman–Crippen MR) is 77.6 cm³/mol. The Hall–Kier alpha value is -1.39. The molecule has 0 aromatic heterocycles. The summed E-state index contributed by atoms with van der Waals surface area (Å²) in [7, 11) is 0. The first-order chi connectivity index (χ1) is 9.76. The molecular formula is C16H22N2O2. The summed E-state index contributed by atoms with van der Waals surface area (Å²) in [5.74, 6) is 1.35. The largest absolute Gasteiger partial charge is 0.490 e. The Morgan fingerprint density at radius 3 is 2.80 bits per heavy atom. The Morgan fingerprint density at radius 1 is 1.25 bits per heavy atom. The molecule has 4 atom stereocenters. The highest BCUT2D eigenvalue weighted by molar-refractivity contribution is 5.83. The highest BCUT2D eigenvalue weighted by Crippen LogP contribution is 2.32. The maximum absolute atomic E-state index is 12.2. The van der Waals surface area contributed by atoms with Gasteiger partial charge in [-0.05, 0) is 31.4 Å². The van der Waals surface area contributed by atoms with Gasteiger partial charge in [0.15, 0.2) is 0 Å². The number of carbonyl (C=O) groups is 1. The Labute approximate surface area is 119 Å². The number of nitrogens with two attached hydrogens (primary N) is 1. The summed E-state index contributed by atoms with van der Waals surface area (Å²) in [5, 5.41) is 3.52. The molecule has 2 aliphatic rings. The number of hydrogen-bond acceptors (Lipinski definition) is 4. The Morgan fingerprint density at radius 2 is 2.05 bits per heavy atom. The second-order valence-corrected chi connectivity index (χ2v) is 5.85. The molecule has 0 radical (unpaired) electrons. The lowest BCUT2D eigenvalue weighted by Gasteiger charge is -2.41. The number of para-hydroxylation sites is 1. The average molecular weight is 274 g/mol. The number of rotatable bonds is 3. The Bertz CT molecular complexity index is 463. The van der Waals surface area contributed by atoms with Crippen LogP contribution in [0.2, 0.25) is 0 Å². The third-order valence-electron chi connectivity index (χ3n) is 4.44. The van der Waals surface area contributed by atoms with Crippen LogP contribution in [-0.2, 0) is 4.79 Å². The molecule has 1 aromatic rings. The molecule has 0 spiro atoms. The maximum atomic E-state index is 12.2. The molecule has 1 heterocycles. The Kier molecular flexibility index (Phi) is 4.03. The van der Waals surface area contributed by atoms with Gasteiger partial charge < -0.3 is 15.8 Å². The molecule has 1 saturated carbocycles. The fourth-order valence-corrected chi connectivity index (χ4v) is 3.39. The number of Topliss-reactive ketones (excluding diaryl/α,β-unsaturated/α-hetero) is 1. The molecule has 4 unspecified atom stereocenters. The second-order valence-electron chi connectivity index (χ2n) is 5.85. The molecule has 1 aliphatic heterocycles. The number of fused-ring (bicyclic) bond motifs is 1. The van der Waals surface area contributed by atoms with Gasteiger partial charge in [0.05, 0.1) is 6.10 Å². The van der Waals surface area contributed by atoms with Gasteiger partial charge in [0.2, 0.25) is 0 Å². The number of nitrogens with one attached hydrogen (secondary N) is 1. The number of ether oxygens (including phenoxy) is 1. The smallest absolute Gasteiger partial charge is 0.139 e. The molecular weight excluding hydrogens is 252 g/mol. The molecule has 20 heavy (non-hydrogen) atoms. The molecule has 3 N–H and O–H groups in total. The van der Waals surface area contributed by atoms with Crippen molar-refractivity contribution in [2.75, 3.05) is 6.54 Å². The predicted octanol–water partition coefficient (Wildman–Crippen LogP) is 1.49. The lowest BCUT2D eigenvalue weighted by molar-refractivity contribution is -0.129. The van der Waals surface area contributed by atoms with Crippen LogP contribution in [0.4, 0.5) is 0 Å². The van der Waals surface area contributed by atoms with Crippen molar-refractivity contribution in [3.8, 4) is 5.75 Å². The van der Waals surface area contributed by atoms with Crippen molar-refractivity contribution in [3.63, 3.8) is 0 Å². The number of ketones is 1. The van der Waals surface area contributed by atoms with Gasteiger partial charge in [-0.25, -0.2) is 0 Å². The molecule has 1 aromatic carbocycles. The van der Waals surface area contributed by atoms with Gasteiger partial charge in [0.1, 0.15) is 11.5 Å². The van der Waals surface area contributed by atoms with Crippen LogP contribution < -0.4 is 15.8 Å². The third kappa shape index (κ3) is 2.86. The minimum atomic E-state index is 0.0975. The van der Waals surface area contributed by atoms with Gasteiger partial charge in [-0.1, -0.05) is 18.2 Å². The first kappa shape index (κ1) is 13.6. The van der Waals surface area contributed by atoms with E-state index < -0.39 is 0 Å². The molecule has 1 aliphatic carbocycles. The SMILES string of the molecule is NCC1CC(=O)C2CC(Oc3ccccc3)CCC2N1. The van der Waals surface area contributed by atoms with Crippen molar-refractivity contribution in [1.82, 2.24) is 5.32 Å². The zero-order valence-electron chi connectivity index (χ0n) is 11.6. The lowest BCUT2D eigenvalue weighted by atomic mass is 9.75. The van der Waals surface area contributed by atoms with Gasteiger partial charge in [0.25, 0.3) is 0 Å². The van der Waals surface area contributed by atoms with E-state index >= 15 is 0 Å². The first-order valence-electron chi connectivity index (χ1n) is 7.47. The van der Waals surface area contributed by atoms with E-state index in [0.29, 0.717) is 24.8 Å². The van der Waals surface area contributed by atoms with Crippen molar-refractivity contribution in [2.45, 2.75) is 43.9 Å². The van der Waals surface area contributed by atoms with Crippen LogP contribution in [0.1, 0.15) is 25.7 Å². The molecule has 108 valence electrons. The van der Waals surface area contributed by atoms with Gasteiger partial charge in [-0.2, -0.15) is 0 Å². The molecule has 2 fully saturated rings. The fraction of sp³-hybridized carbons (Fsp3) is 0.562. The van der Waals surface area contributed by atoms with Gasteiger partial charge in [0, 0.05) is 31.0 Å². The fourth-order valence-electron chi connectivity index (χ4n) is 3.39. The van der Waals surface area contributed by atoms with Crippen LogP contribution in [0.25, 0.3) is 0 Å². The van der Waals surface area contributed by atoms with E-state index in [1.807, 2.05) is 30.3 Å². The normalized spacial score (nSPS) is 33.5. The van der Waals surface area contributed by atoms with Crippen molar-refractivity contribution in [3.05, 3.63) is 30.3 Å². The minimum absolute atomic E-state index is 0.0975. The number of hydrogen-bond donors (Lipinski definition) is 2. The van der Waals surface area contributed by atoms with E-state index in [0.717, 1.165) is 25.0 Å². The molecule has 0 amide bonds. The maximum Gasteiger partial charge on any atom is 0.139 e. The third-order valence-corrected chi connectivity index (χ3v) is 4.44. The van der Waals surface area contributed by atoms with Crippen molar-refractivity contribution in [2.24, 2.45) is 11.7 Å². The second kappa shape index (κ2) is 5.94. The zero-order chi connectivity index (χ0) is 13.9. The molecule has 4 heteroatoms. The molecule has 4 nitrogen and oxygen atoms in total. The quantitative estimate of drug-likeness (QED) is 0.876. The lowest BCUT2D eigenvalue weighted by Crippen LogP contribution is -2.57. The van der Waals surface area contributed by atoms with Crippen LogP contribution in [-0.4, -0.2) is 30.5 Å². The highest BCUT2D eigenvalue weighted by Gasteiger charge is 2.40. The van der Waals surface area contributed by atoms with Gasteiger partial charge in [-0.3, -0.25) is 4.79 Å². The number of piperidine rings is 1. The van der Waals surface area contributed by atoms with Crippen molar-refractivity contribution in [1.29, 1.82) is 0 Å². The topological polar surface area (TPSA) is 64.4 Å².